The van der Waals surface area contributed by atoms with Gasteiger partial charge in [0.15, 0.2) is 0 Å². The molecule has 0 saturated carbocycles. The Bertz CT molecular complexity index is 552. The molecular formula is C16H21N3S. The summed E-state index contributed by atoms with van der Waals surface area (Å²) in [5, 5.41) is 3.30. The number of rotatable bonds is 6. The van der Waals surface area contributed by atoms with Crippen LogP contribution >= 0.6 is 11.8 Å². The molecule has 0 radical (unpaired) electrons. The van der Waals surface area contributed by atoms with Gasteiger partial charge in [-0.15, -0.1) is 11.8 Å². The number of benzene rings is 1. The van der Waals surface area contributed by atoms with Crippen LogP contribution in [0.5, 0.6) is 0 Å². The van der Waals surface area contributed by atoms with Crippen LogP contribution in [0, 0.1) is 13.8 Å². The van der Waals surface area contributed by atoms with Gasteiger partial charge >= 0.3 is 0 Å². The zero-order valence-electron chi connectivity index (χ0n) is 12.3. The fourth-order valence-corrected chi connectivity index (χ4v) is 2.64. The average molecular weight is 287 g/mol. The Morgan fingerprint density at radius 2 is 1.85 bits per heavy atom. The van der Waals surface area contributed by atoms with Crippen molar-refractivity contribution in [2.45, 2.75) is 38.0 Å². The van der Waals surface area contributed by atoms with E-state index < -0.39 is 0 Å². The number of nitrogens with zero attached hydrogens (tertiary/aromatic N) is 2. The lowest BCUT2D eigenvalue weighted by atomic mass is 10.2. The van der Waals surface area contributed by atoms with E-state index in [4.69, 9.17) is 0 Å². The summed E-state index contributed by atoms with van der Waals surface area (Å²) in [6, 6.07) is 10.6. The SMILES string of the molecule is CCNCc1cc(C)nc(CSc2ccc(C)cc2)n1. The Kier molecular flexibility index (Phi) is 5.56. The van der Waals surface area contributed by atoms with Crippen molar-refractivity contribution in [2.24, 2.45) is 0 Å². The van der Waals surface area contributed by atoms with Gasteiger partial charge in [0.05, 0.1) is 11.4 Å². The molecule has 106 valence electrons. The molecule has 0 fully saturated rings. The molecule has 0 aliphatic rings. The topological polar surface area (TPSA) is 37.8 Å². The van der Waals surface area contributed by atoms with Crippen molar-refractivity contribution in [1.29, 1.82) is 0 Å². The van der Waals surface area contributed by atoms with Gasteiger partial charge in [0.2, 0.25) is 0 Å². The molecule has 20 heavy (non-hydrogen) atoms. The quantitative estimate of drug-likeness (QED) is 0.825. The Morgan fingerprint density at radius 1 is 1.10 bits per heavy atom. The number of hydrogen-bond donors (Lipinski definition) is 1. The molecule has 0 aliphatic carbocycles. The van der Waals surface area contributed by atoms with E-state index >= 15 is 0 Å². The second kappa shape index (κ2) is 7.41. The summed E-state index contributed by atoms with van der Waals surface area (Å²) in [4.78, 5) is 10.4. The highest BCUT2D eigenvalue weighted by molar-refractivity contribution is 7.98. The van der Waals surface area contributed by atoms with Gasteiger partial charge in [-0.3, -0.25) is 0 Å². The molecule has 0 atom stereocenters. The first-order chi connectivity index (χ1) is 9.67. The largest absolute Gasteiger partial charge is 0.311 e. The van der Waals surface area contributed by atoms with Gasteiger partial charge in [0.1, 0.15) is 5.82 Å². The second-order valence-corrected chi connectivity index (χ2v) is 5.85. The Labute approximate surface area is 125 Å². The first kappa shape index (κ1) is 15.0. The normalized spacial score (nSPS) is 10.8. The average Bonchev–Trinajstić information content (AvgIpc) is 2.44. The molecule has 1 aromatic heterocycles. The highest BCUT2D eigenvalue weighted by Gasteiger charge is 2.03. The molecule has 4 heteroatoms. The van der Waals surface area contributed by atoms with Gasteiger partial charge in [-0.2, -0.15) is 0 Å². The molecule has 2 aromatic rings. The maximum atomic E-state index is 4.61. The Morgan fingerprint density at radius 3 is 2.55 bits per heavy atom. The van der Waals surface area contributed by atoms with E-state index in [1.54, 1.807) is 11.8 Å². The van der Waals surface area contributed by atoms with E-state index in [-0.39, 0.29) is 0 Å². The van der Waals surface area contributed by atoms with E-state index in [0.717, 1.165) is 36.1 Å². The summed E-state index contributed by atoms with van der Waals surface area (Å²) >= 11 is 1.78. The summed E-state index contributed by atoms with van der Waals surface area (Å²) in [5.41, 5.74) is 3.39. The van der Waals surface area contributed by atoms with Gasteiger partial charge in [-0.05, 0) is 38.6 Å². The number of thioether (sulfide) groups is 1. The maximum absolute atomic E-state index is 4.61. The lowest BCUT2D eigenvalue weighted by Crippen LogP contribution is -2.14. The minimum Gasteiger partial charge on any atom is -0.311 e. The third-order valence-corrected chi connectivity index (χ3v) is 3.91. The van der Waals surface area contributed by atoms with Gasteiger partial charge < -0.3 is 5.32 Å². The van der Waals surface area contributed by atoms with Crippen LogP contribution < -0.4 is 5.32 Å². The predicted octanol–water partition coefficient (Wildman–Crippen LogP) is 3.50. The highest BCUT2D eigenvalue weighted by atomic mass is 32.2. The Hall–Kier alpha value is -1.39. The van der Waals surface area contributed by atoms with Crippen molar-refractivity contribution in [3.8, 4) is 0 Å². The van der Waals surface area contributed by atoms with Crippen LogP contribution in [0.1, 0.15) is 29.7 Å². The summed E-state index contributed by atoms with van der Waals surface area (Å²) in [5.74, 6) is 1.72. The van der Waals surface area contributed by atoms with Gasteiger partial charge in [0.25, 0.3) is 0 Å². The van der Waals surface area contributed by atoms with Crippen LogP contribution in [0.3, 0.4) is 0 Å². The molecule has 0 bridgehead atoms. The van der Waals surface area contributed by atoms with Crippen molar-refractivity contribution in [2.75, 3.05) is 6.54 Å². The van der Waals surface area contributed by atoms with Crippen molar-refractivity contribution in [3.05, 3.63) is 53.1 Å². The first-order valence-electron chi connectivity index (χ1n) is 6.91. The Balaban J connectivity index is 2.01. The fraction of sp³-hybridized carbons (Fsp3) is 0.375. The molecule has 0 saturated heterocycles. The third-order valence-electron chi connectivity index (χ3n) is 2.90. The zero-order chi connectivity index (χ0) is 14.4. The van der Waals surface area contributed by atoms with E-state index in [1.165, 1.54) is 10.5 Å². The van der Waals surface area contributed by atoms with Gasteiger partial charge in [-0.1, -0.05) is 24.6 Å². The van der Waals surface area contributed by atoms with Crippen LogP contribution in [-0.2, 0) is 12.3 Å². The molecule has 0 aliphatic heterocycles. The van der Waals surface area contributed by atoms with Crippen molar-refractivity contribution < 1.29 is 0 Å². The van der Waals surface area contributed by atoms with Gasteiger partial charge in [0, 0.05) is 17.1 Å². The monoisotopic (exact) mass is 287 g/mol. The van der Waals surface area contributed by atoms with Crippen LogP contribution in [0.4, 0.5) is 0 Å². The maximum Gasteiger partial charge on any atom is 0.139 e. The standard InChI is InChI=1S/C16H21N3S/c1-4-17-10-14-9-13(3)18-16(19-14)11-20-15-7-5-12(2)6-8-15/h5-9,17H,4,10-11H2,1-3H3. The minimum absolute atomic E-state index is 0.808. The summed E-state index contributed by atoms with van der Waals surface area (Å²) in [6.07, 6.45) is 0. The summed E-state index contributed by atoms with van der Waals surface area (Å²) < 4.78 is 0. The smallest absolute Gasteiger partial charge is 0.139 e. The lowest BCUT2D eigenvalue weighted by molar-refractivity contribution is 0.702. The number of aryl methyl sites for hydroxylation is 2. The molecule has 2 rings (SSSR count). The van der Waals surface area contributed by atoms with E-state index in [0.29, 0.717) is 0 Å². The molecular weight excluding hydrogens is 266 g/mol. The van der Waals surface area contributed by atoms with Crippen molar-refractivity contribution in [1.82, 2.24) is 15.3 Å². The first-order valence-corrected chi connectivity index (χ1v) is 7.89. The van der Waals surface area contributed by atoms with E-state index in [2.05, 4.69) is 53.4 Å². The zero-order valence-corrected chi connectivity index (χ0v) is 13.1. The number of hydrogen-bond acceptors (Lipinski definition) is 4. The molecule has 1 aromatic carbocycles. The fourth-order valence-electron chi connectivity index (χ4n) is 1.89. The van der Waals surface area contributed by atoms with E-state index in [1.807, 2.05) is 13.0 Å². The molecule has 0 amide bonds. The van der Waals surface area contributed by atoms with Crippen LogP contribution in [-0.4, -0.2) is 16.5 Å². The summed E-state index contributed by atoms with van der Waals surface area (Å²) in [6.45, 7) is 7.99. The second-order valence-electron chi connectivity index (χ2n) is 4.80. The molecule has 0 unspecified atom stereocenters. The summed E-state index contributed by atoms with van der Waals surface area (Å²) in [7, 11) is 0. The molecule has 3 nitrogen and oxygen atoms in total. The van der Waals surface area contributed by atoms with Crippen LogP contribution in [0.2, 0.25) is 0 Å². The minimum atomic E-state index is 0.808. The van der Waals surface area contributed by atoms with Gasteiger partial charge in [-0.25, -0.2) is 9.97 Å². The predicted molar refractivity (Wildman–Crippen MR) is 84.9 cm³/mol. The van der Waals surface area contributed by atoms with E-state index in [9.17, 15) is 0 Å². The lowest BCUT2D eigenvalue weighted by Gasteiger charge is -2.06. The molecule has 1 N–H and O–H groups in total. The van der Waals surface area contributed by atoms with Crippen LogP contribution in [0.15, 0.2) is 35.2 Å². The van der Waals surface area contributed by atoms with Crippen molar-refractivity contribution >= 4 is 11.8 Å². The molecule has 1 heterocycles. The van der Waals surface area contributed by atoms with Crippen LogP contribution in [0.25, 0.3) is 0 Å². The number of nitrogens with one attached hydrogen (secondary N) is 1. The highest BCUT2D eigenvalue weighted by Crippen LogP contribution is 2.21. The third kappa shape index (κ3) is 4.62. The van der Waals surface area contributed by atoms with Crippen molar-refractivity contribution in [3.63, 3.8) is 0 Å². The molecule has 0 spiro atoms. The number of aromatic nitrogens is 2.